The van der Waals surface area contributed by atoms with E-state index in [0.717, 1.165) is 17.7 Å². The summed E-state index contributed by atoms with van der Waals surface area (Å²) in [4.78, 5) is 12.4. The largest absolute Gasteiger partial charge is 0.496 e. The molecule has 0 bridgehead atoms. The van der Waals surface area contributed by atoms with Crippen molar-refractivity contribution in [3.05, 3.63) is 23.3 Å². The normalized spacial score (nSPS) is 10.2. The third-order valence-electron chi connectivity index (χ3n) is 2.50. The highest BCUT2D eigenvalue weighted by Gasteiger charge is 2.10. The maximum absolute atomic E-state index is 11.2. The minimum Gasteiger partial charge on any atom is -0.496 e. The van der Waals surface area contributed by atoms with E-state index in [1.807, 2.05) is 12.3 Å². The Balaban J connectivity index is 3.20. The zero-order valence-electron chi connectivity index (χ0n) is 10.3. The number of Topliss-reactive ketones (excluding diaryl/α,β-unsaturated/α-hetero) is 1. The molecule has 0 fully saturated rings. The molecule has 0 N–H and O–H groups in total. The lowest BCUT2D eigenvalue weighted by Crippen LogP contribution is -2.01. The first-order chi connectivity index (χ1) is 7.62. The molecule has 2 nitrogen and oxygen atoms in total. The number of thioether (sulfide) groups is 1. The second-order valence-electron chi connectivity index (χ2n) is 3.71. The molecule has 0 unspecified atom stereocenters. The van der Waals surface area contributed by atoms with Gasteiger partial charge in [0.15, 0.2) is 0 Å². The standard InChI is InChI=1S/C13H18O2S/c1-5-10-8-13(16-4)11(6-9(2)14)7-12(10)15-3/h7-8H,5-6H2,1-4H3. The van der Waals surface area contributed by atoms with Gasteiger partial charge >= 0.3 is 0 Å². The summed E-state index contributed by atoms with van der Waals surface area (Å²) in [5.41, 5.74) is 2.26. The summed E-state index contributed by atoms with van der Waals surface area (Å²) in [6.07, 6.45) is 3.46. The number of ketones is 1. The SMILES string of the molecule is CCc1cc(SC)c(CC(C)=O)cc1OC. The van der Waals surface area contributed by atoms with E-state index in [9.17, 15) is 4.79 Å². The van der Waals surface area contributed by atoms with Gasteiger partial charge in [-0.1, -0.05) is 6.92 Å². The molecule has 16 heavy (non-hydrogen) atoms. The first kappa shape index (κ1) is 13.1. The fraction of sp³-hybridized carbons (Fsp3) is 0.462. The molecule has 0 saturated carbocycles. The lowest BCUT2D eigenvalue weighted by Gasteiger charge is -2.12. The van der Waals surface area contributed by atoms with Crippen LogP contribution in [0.5, 0.6) is 5.75 Å². The molecule has 0 aliphatic rings. The van der Waals surface area contributed by atoms with Crippen molar-refractivity contribution < 1.29 is 9.53 Å². The number of rotatable bonds is 5. The quantitative estimate of drug-likeness (QED) is 0.737. The van der Waals surface area contributed by atoms with Gasteiger partial charge in [-0.05, 0) is 42.9 Å². The molecule has 1 rings (SSSR count). The predicted molar refractivity (Wildman–Crippen MR) is 68.5 cm³/mol. The lowest BCUT2D eigenvalue weighted by molar-refractivity contribution is -0.116. The molecule has 0 saturated heterocycles. The minimum atomic E-state index is 0.182. The fourth-order valence-corrected chi connectivity index (χ4v) is 2.36. The van der Waals surface area contributed by atoms with E-state index in [4.69, 9.17) is 4.74 Å². The maximum Gasteiger partial charge on any atom is 0.134 e. The molecule has 0 aromatic heterocycles. The summed E-state index contributed by atoms with van der Waals surface area (Å²) >= 11 is 1.68. The van der Waals surface area contributed by atoms with Crippen LogP contribution in [-0.2, 0) is 17.6 Å². The number of ether oxygens (including phenoxy) is 1. The number of benzene rings is 1. The summed E-state index contributed by atoms with van der Waals surface area (Å²) in [6.45, 7) is 3.72. The Labute approximate surface area is 101 Å². The van der Waals surface area contributed by atoms with Crippen molar-refractivity contribution in [1.82, 2.24) is 0 Å². The smallest absolute Gasteiger partial charge is 0.134 e. The van der Waals surface area contributed by atoms with E-state index in [2.05, 4.69) is 13.0 Å². The Morgan fingerprint density at radius 3 is 2.50 bits per heavy atom. The monoisotopic (exact) mass is 238 g/mol. The van der Waals surface area contributed by atoms with Gasteiger partial charge in [0.25, 0.3) is 0 Å². The van der Waals surface area contributed by atoms with Gasteiger partial charge < -0.3 is 4.74 Å². The van der Waals surface area contributed by atoms with Gasteiger partial charge in [-0.15, -0.1) is 11.8 Å². The number of carbonyl (C=O) groups is 1. The Bertz CT molecular complexity index is 386. The van der Waals surface area contributed by atoms with Crippen LogP contribution in [0.25, 0.3) is 0 Å². The molecular formula is C13H18O2S. The van der Waals surface area contributed by atoms with Gasteiger partial charge in [0, 0.05) is 11.3 Å². The number of hydrogen-bond donors (Lipinski definition) is 0. The van der Waals surface area contributed by atoms with Crippen molar-refractivity contribution in [3.63, 3.8) is 0 Å². The van der Waals surface area contributed by atoms with Crippen LogP contribution < -0.4 is 4.74 Å². The molecule has 0 atom stereocenters. The summed E-state index contributed by atoms with van der Waals surface area (Å²) < 4.78 is 5.34. The molecule has 0 aliphatic heterocycles. The Hall–Kier alpha value is -0.960. The van der Waals surface area contributed by atoms with Gasteiger partial charge in [-0.2, -0.15) is 0 Å². The van der Waals surface area contributed by atoms with Crippen LogP contribution >= 0.6 is 11.8 Å². The van der Waals surface area contributed by atoms with Crippen molar-refractivity contribution in [2.45, 2.75) is 31.6 Å². The highest BCUT2D eigenvalue weighted by Crippen LogP contribution is 2.30. The Kier molecular flexibility index (Phi) is 4.87. The number of aryl methyl sites for hydroxylation is 1. The van der Waals surface area contributed by atoms with Crippen molar-refractivity contribution in [1.29, 1.82) is 0 Å². The summed E-state index contributed by atoms with van der Waals surface area (Å²) in [6, 6.07) is 4.12. The summed E-state index contributed by atoms with van der Waals surface area (Å²) in [5.74, 6) is 1.07. The van der Waals surface area contributed by atoms with Crippen LogP contribution in [0.2, 0.25) is 0 Å². The topological polar surface area (TPSA) is 26.3 Å². The lowest BCUT2D eigenvalue weighted by atomic mass is 10.0. The highest BCUT2D eigenvalue weighted by atomic mass is 32.2. The van der Waals surface area contributed by atoms with Crippen LogP contribution in [0.3, 0.4) is 0 Å². The maximum atomic E-state index is 11.2. The fourth-order valence-electron chi connectivity index (χ4n) is 1.71. The highest BCUT2D eigenvalue weighted by molar-refractivity contribution is 7.98. The van der Waals surface area contributed by atoms with E-state index in [1.165, 1.54) is 10.5 Å². The second kappa shape index (κ2) is 5.94. The van der Waals surface area contributed by atoms with Crippen molar-refractivity contribution in [2.24, 2.45) is 0 Å². The predicted octanol–water partition coefficient (Wildman–Crippen LogP) is 3.11. The van der Waals surface area contributed by atoms with Gasteiger partial charge in [-0.3, -0.25) is 4.79 Å². The molecule has 3 heteroatoms. The van der Waals surface area contributed by atoms with Crippen LogP contribution in [0, 0.1) is 0 Å². The number of hydrogen-bond acceptors (Lipinski definition) is 3. The minimum absolute atomic E-state index is 0.182. The molecule has 88 valence electrons. The molecule has 0 aliphatic carbocycles. The van der Waals surface area contributed by atoms with E-state index < -0.39 is 0 Å². The summed E-state index contributed by atoms with van der Waals surface area (Å²) in [5, 5.41) is 0. The molecule has 0 heterocycles. The van der Waals surface area contributed by atoms with Crippen molar-refractivity contribution >= 4 is 17.5 Å². The Morgan fingerprint density at radius 2 is 2.06 bits per heavy atom. The van der Waals surface area contributed by atoms with Crippen LogP contribution in [0.15, 0.2) is 17.0 Å². The zero-order valence-corrected chi connectivity index (χ0v) is 11.1. The molecule has 0 radical (unpaired) electrons. The molecule has 1 aromatic rings. The zero-order chi connectivity index (χ0) is 12.1. The van der Waals surface area contributed by atoms with Crippen LogP contribution in [0.4, 0.5) is 0 Å². The Morgan fingerprint density at radius 1 is 1.38 bits per heavy atom. The average Bonchev–Trinajstić information content (AvgIpc) is 2.27. The van der Waals surface area contributed by atoms with Crippen molar-refractivity contribution in [2.75, 3.05) is 13.4 Å². The molecular weight excluding hydrogens is 220 g/mol. The van der Waals surface area contributed by atoms with Gasteiger partial charge in [0.05, 0.1) is 7.11 Å². The van der Waals surface area contributed by atoms with Crippen LogP contribution in [0.1, 0.15) is 25.0 Å². The number of methoxy groups -OCH3 is 1. The first-order valence-electron chi connectivity index (χ1n) is 5.35. The molecule has 1 aromatic carbocycles. The van der Waals surface area contributed by atoms with Gasteiger partial charge in [0.1, 0.15) is 11.5 Å². The second-order valence-corrected chi connectivity index (χ2v) is 4.56. The average molecular weight is 238 g/mol. The molecule has 0 amide bonds. The van der Waals surface area contributed by atoms with Gasteiger partial charge in [-0.25, -0.2) is 0 Å². The van der Waals surface area contributed by atoms with E-state index in [-0.39, 0.29) is 5.78 Å². The first-order valence-corrected chi connectivity index (χ1v) is 6.58. The third kappa shape index (κ3) is 3.01. The molecule has 0 spiro atoms. The van der Waals surface area contributed by atoms with Crippen molar-refractivity contribution in [3.8, 4) is 5.75 Å². The summed E-state index contributed by atoms with van der Waals surface area (Å²) in [7, 11) is 1.67. The van der Waals surface area contributed by atoms with Gasteiger partial charge in [0.2, 0.25) is 0 Å². The third-order valence-corrected chi connectivity index (χ3v) is 3.32. The van der Waals surface area contributed by atoms with E-state index in [0.29, 0.717) is 6.42 Å². The van der Waals surface area contributed by atoms with E-state index >= 15 is 0 Å². The van der Waals surface area contributed by atoms with Crippen LogP contribution in [-0.4, -0.2) is 19.1 Å². The number of carbonyl (C=O) groups excluding carboxylic acids is 1. The van der Waals surface area contributed by atoms with E-state index in [1.54, 1.807) is 25.8 Å².